The molecule has 33 heavy (non-hydrogen) atoms. The van der Waals surface area contributed by atoms with Gasteiger partial charge in [-0.2, -0.15) is 4.98 Å². The number of carboxylic acids is 1. The summed E-state index contributed by atoms with van der Waals surface area (Å²) in [7, 11) is 0. The van der Waals surface area contributed by atoms with Gasteiger partial charge in [0.15, 0.2) is 11.2 Å². The molecule has 0 saturated carbocycles. The van der Waals surface area contributed by atoms with Crippen molar-refractivity contribution in [3.05, 3.63) is 52.1 Å². The van der Waals surface area contributed by atoms with Crippen LogP contribution in [-0.4, -0.2) is 55.2 Å². The molecule has 4 rings (SSSR count). The zero-order chi connectivity index (χ0) is 23.5. The molecule has 1 aliphatic rings. The fraction of sp³-hybridized carbons (Fsp3) is 0.333. The number of aromatic amines is 1. The van der Waals surface area contributed by atoms with Crippen molar-refractivity contribution in [2.75, 3.05) is 11.1 Å². The normalized spacial score (nSPS) is 18.0. The average Bonchev–Trinajstić information content (AvgIpc) is 3.50. The molecule has 1 aliphatic heterocycles. The highest BCUT2D eigenvalue weighted by Crippen LogP contribution is 2.26. The van der Waals surface area contributed by atoms with Crippen molar-refractivity contribution in [1.29, 1.82) is 0 Å². The van der Waals surface area contributed by atoms with Crippen LogP contribution in [0.2, 0.25) is 0 Å². The molecule has 6 N–H and O–H groups in total. The number of carbonyl (C=O) groups is 2. The Bertz CT molecular complexity index is 1240. The maximum Gasteiger partial charge on any atom is 0.326 e. The summed E-state index contributed by atoms with van der Waals surface area (Å²) in [6.07, 6.45) is 2.57. The number of epoxide rings is 1. The number of carbonyl (C=O) groups excluding carboxylic acids is 1. The Kier molecular flexibility index (Phi) is 6.18. The second-order valence-corrected chi connectivity index (χ2v) is 7.74. The molecule has 2 aromatic heterocycles. The number of benzene rings is 1. The van der Waals surface area contributed by atoms with E-state index < -0.39 is 23.5 Å². The topological polar surface area (TPSA) is 189 Å². The quantitative estimate of drug-likeness (QED) is 0.288. The minimum Gasteiger partial charge on any atom is -0.480 e. The highest BCUT2D eigenvalue weighted by atomic mass is 16.6. The highest BCUT2D eigenvalue weighted by molar-refractivity contribution is 5.96. The number of nitrogens with zero attached hydrogens (tertiary/aromatic N) is 3. The van der Waals surface area contributed by atoms with Crippen molar-refractivity contribution in [3.63, 3.8) is 0 Å². The lowest BCUT2D eigenvalue weighted by atomic mass is 10.1. The Hall–Kier alpha value is -4.06. The van der Waals surface area contributed by atoms with Crippen LogP contribution < -0.4 is 21.9 Å². The SMILES string of the molecule is CC1OC1CC[C@@H](NC(=O)c1ccc(NCc2cnc3nc(N)[nH]c(=O)c3n2)cc1)C(=O)O. The molecule has 0 aliphatic carbocycles. The summed E-state index contributed by atoms with van der Waals surface area (Å²) in [5.41, 5.74) is 6.83. The summed E-state index contributed by atoms with van der Waals surface area (Å²) >= 11 is 0. The van der Waals surface area contributed by atoms with Crippen LogP contribution in [0.25, 0.3) is 11.2 Å². The molecule has 12 heteroatoms. The van der Waals surface area contributed by atoms with Gasteiger partial charge in [-0.25, -0.2) is 14.8 Å². The van der Waals surface area contributed by atoms with Crippen LogP contribution in [-0.2, 0) is 16.1 Å². The molecule has 1 amide bonds. The molecule has 3 atom stereocenters. The van der Waals surface area contributed by atoms with Crippen LogP contribution in [0.3, 0.4) is 0 Å². The Morgan fingerprint density at radius 1 is 1.27 bits per heavy atom. The van der Waals surface area contributed by atoms with Crippen LogP contribution in [0.4, 0.5) is 11.6 Å². The average molecular weight is 453 g/mol. The van der Waals surface area contributed by atoms with E-state index in [1.165, 1.54) is 6.20 Å². The summed E-state index contributed by atoms with van der Waals surface area (Å²) < 4.78 is 5.29. The van der Waals surface area contributed by atoms with E-state index in [0.29, 0.717) is 29.8 Å². The lowest BCUT2D eigenvalue weighted by Gasteiger charge is -2.14. The molecule has 0 spiro atoms. The molecule has 172 valence electrons. The lowest BCUT2D eigenvalue weighted by molar-refractivity contribution is -0.139. The van der Waals surface area contributed by atoms with Gasteiger partial charge in [0.25, 0.3) is 11.5 Å². The maximum absolute atomic E-state index is 12.5. The van der Waals surface area contributed by atoms with E-state index in [1.807, 2.05) is 6.92 Å². The molecule has 0 radical (unpaired) electrons. The second kappa shape index (κ2) is 9.20. The van der Waals surface area contributed by atoms with E-state index in [1.54, 1.807) is 24.3 Å². The number of nitrogens with one attached hydrogen (secondary N) is 3. The van der Waals surface area contributed by atoms with Crippen molar-refractivity contribution in [2.24, 2.45) is 0 Å². The summed E-state index contributed by atoms with van der Waals surface area (Å²) in [5, 5.41) is 15.1. The molecule has 0 bridgehead atoms. The smallest absolute Gasteiger partial charge is 0.326 e. The first kappa shape index (κ1) is 22.1. The standard InChI is InChI=1S/C21H23N7O5/c1-10-15(33-10)7-6-14(20(31)32)26-18(29)11-2-4-12(5-3-11)23-8-13-9-24-17-16(25-13)19(30)28-21(22)27-17/h2-5,9-10,14-15,23H,6-8H2,1H3,(H,26,29)(H,31,32)(H3,22,24,27,28,30)/t10?,14-,15?/m1/s1. The molecular formula is C21H23N7O5. The third-order valence-electron chi connectivity index (χ3n) is 5.29. The fourth-order valence-corrected chi connectivity index (χ4v) is 3.35. The van der Waals surface area contributed by atoms with E-state index in [-0.39, 0.29) is 35.9 Å². The van der Waals surface area contributed by atoms with Gasteiger partial charge in [0.1, 0.15) is 6.04 Å². The number of hydrogen-bond donors (Lipinski definition) is 5. The number of rotatable bonds is 9. The van der Waals surface area contributed by atoms with E-state index in [0.717, 1.165) is 0 Å². The number of aromatic nitrogens is 4. The predicted octanol–water partition coefficient (Wildman–Crippen LogP) is 0.658. The number of nitrogen functional groups attached to an aromatic ring is 1. The van der Waals surface area contributed by atoms with Gasteiger partial charge < -0.3 is 26.2 Å². The van der Waals surface area contributed by atoms with Gasteiger partial charge in [-0.05, 0) is 44.0 Å². The largest absolute Gasteiger partial charge is 0.480 e. The number of H-pyrrole nitrogens is 1. The number of nitrogens with two attached hydrogens (primary N) is 1. The fourth-order valence-electron chi connectivity index (χ4n) is 3.35. The monoisotopic (exact) mass is 453 g/mol. The molecule has 1 fully saturated rings. The minimum atomic E-state index is -1.08. The van der Waals surface area contributed by atoms with Gasteiger partial charge >= 0.3 is 5.97 Å². The van der Waals surface area contributed by atoms with Gasteiger partial charge in [-0.15, -0.1) is 0 Å². The van der Waals surface area contributed by atoms with Crippen LogP contribution in [0.5, 0.6) is 0 Å². The van der Waals surface area contributed by atoms with E-state index in [2.05, 4.69) is 30.6 Å². The Morgan fingerprint density at radius 2 is 2.00 bits per heavy atom. The van der Waals surface area contributed by atoms with Crippen molar-refractivity contribution >= 4 is 34.7 Å². The van der Waals surface area contributed by atoms with Crippen molar-refractivity contribution in [3.8, 4) is 0 Å². The maximum atomic E-state index is 12.5. The van der Waals surface area contributed by atoms with Crippen LogP contribution in [0, 0.1) is 0 Å². The van der Waals surface area contributed by atoms with Crippen LogP contribution in [0.15, 0.2) is 35.3 Å². The highest BCUT2D eigenvalue weighted by Gasteiger charge is 2.35. The summed E-state index contributed by atoms with van der Waals surface area (Å²) in [4.78, 5) is 50.5. The molecule has 2 unspecified atom stereocenters. The van der Waals surface area contributed by atoms with Crippen molar-refractivity contribution in [1.82, 2.24) is 25.3 Å². The van der Waals surface area contributed by atoms with Crippen LogP contribution >= 0.6 is 0 Å². The first-order valence-corrected chi connectivity index (χ1v) is 10.3. The summed E-state index contributed by atoms with van der Waals surface area (Å²) in [6.45, 7) is 2.20. The Morgan fingerprint density at radius 3 is 2.67 bits per heavy atom. The van der Waals surface area contributed by atoms with E-state index >= 15 is 0 Å². The van der Waals surface area contributed by atoms with Crippen molar-refractivity contribution in [2.45, 2.75) is 44.6 Å². The van der Waals surface area contributed by atoms with Gasteiger partial charge in [-0.3, -0.25) is 14.6 Å². The first-order chi connectivity index (χ1) is 15.8. The predicted molar refractivity (Wildman–Crippen MR) is 119 cm³/mol. The second-order valence-electron chi connectivity index (χ2n) is 7.74. The number of ether oxygens (including phenoxy) is 1. The Balaban J connectivity index is 1.34. The number of hydrogen-bond acceptors (Lipinski definition) is 9. The minimum absolute atomic E-state index is 0.0296. The van der Waals surface area contributed by atoms with Gasteiger partial charge in [0, 0.05) is 11.3 Å². The molecule has 12 nitrogen and oxygen atoms in total. The molecular weight excluding hydrogens is 430 g/mol. The van der Waals surface area contributed by atoms with Gasteiger partial charge in [0.05, 0.1) is 30.6 Å². The number of carboxylic acid groups (broad SMARTS) is 1. The Labute approximate surface area is 187 Å². The number of fused-ring (bicyclic) bond motifs is 1. The molecule has 1 saturated heterocycles. The number of aliphatic carboxylic acids is 1. The lowest BCUT2D eigenvalue weighted by Crippen LogP contribution is -2.41. The third-order valence-corrected chi connectivity index (χ3v) is 5.29. The van der Waals surface area contributed by atoms with Crippen molar-refractivity contribution < 1.29 is 19.4 Å². The zero-order valence-corrected chi connectivity index (χ0v) is 17.7. The van der Waals surface area contributed by atoms with Gasteiger partial charge in [0.2, 0.25) is 5.95 Å². The number of anilines is 2. The van der Waals surface area contributed by atoms with E-state index in [4.69, 9.17) is 10.5 Å². The van der Waals surface area contributed by atoms with Crippen LogP contribution in [0.1, 0.15) is 35.8 Å². The summed E-state index contributed by atoms with van der Waals surface area (Å²) in [6, 6.07) is 5.58. The van der Waals surface area contributed by atoms with E-state index in [9.17, 15) is 19.5 Å². The molecule has 3 heterocycles. The third kappa shape index (κ3) is 5.41. The molecule has 1 aromatic carbocycles. The molecule has 3 aromatic rings. The number of amides is 1. The summed E-state index contributed by atoms with van der Waals surface area (Å²) in [5.74, 6) is -1.58. The first-order valence-electron chi connectivity index (χ1n) is 10.3. The van der Waals surface area contributed by atoms with Gasteiger partial charge in [-0.1, -0.05) is 0 Å². The zero-order valence-electron chi connectivity index (χ0n) is 17.7.